The third-order valence-corrected chi connectivity index (χ3v) is 3.01. The second-order valence-corrected chi connectivity index (χ2v) is 4.28. The van der Waals surface area contributed by atoms with Crippen molar-refractivity contribution in [3.8, 4) is 23.1 Å². The van der Waals surface area contributed by atoms with Crippen LogP contribution in [-0.2, 0) is 6.42 Å². The second-order valence-electron chi connectivity index (χ2n) is 3.34. The Morgan fingerprint density at radius 2 is 2.17 bits per heavy atom. The minimum atomic E-state index is -2.87. The molecule has 0 aliphatic rings. The molecule has 6 heteroatoms. The number of hydrogen-bond donors (Lipinski definition) is 0. The lowest BCUT2D eigenvalue weighted by Gasteiger charge is -2.08. The Morgan fingerprint density at radius 3 is 2.89 bits per heavy atom. The van der Waals surface area contributed by atoms with Crippen LogP contribution >= 0.6 is 11.3 Å². The third-order valence-electron chi connectivity index (χ3n) is 2.16. The number of para-hydroxylation sites is 1. The Balaban J connectivity index is 2.34. The fourth-order valence-corrected chi connectivity index (χ4v) is 2.19. The normalized spacial score (nSPS) is 10.3. The zero-order chi connectivity index (χ0) is 13.0. The number of ether oxygens (including phenoxy) is 1. The van der Waals surface area contributed by atoms with E-state index in [1.807, 2.05) is 6.07 Å². The number of nitriles is 1. The van der Waals surface area contributed by atoms with Crippen LogP contribution in [0.25, 0.3) is 11.3 Å². The van der Waals surface area contributed by atoms with Crippen LogP contribution in [0.15, 0.2) is 29.6 Å². The molecule has 0 saturated heterocycles. The highest BCUT2D eigenvalue weighted by Gasteiger charge is 2.13. The molecular formula is C12H8F2N2OS. The number of alkyl halides is 2. The molecule has 1 aromatic heterocycles. The van der Waals surface area contributed by atoms with Gasteiger partial charge in [0.1, 0.15) is 10.8 Å². The van der Waals surface area contributed by atoms with E-state index in [1.54, 1.807) is 23.6 Å². The van der Waals surface area contributed by atoms with E-state index in [4.69, 9.17) is 5.26 Å². The molecule has 0 unspecified atom stereocenters. The van der Waals surface area contributed by atoms with Gasteiger partial charge in [-0.1, -0.05) is 12.1 Å². The van der Waals surface area contributed by atoms with Crippen LogP contribution in [0.4, 0.5) is 8.78 Å². The Labute approximate surface area is 106 Å². The molecule has 0 atom stereocenters. The van der Waals surface area contributed by atoms with Gasteiger partial charge in [-0.2, -0.15) is 14.0 Å². The van der Waals surface area contributed by atoms with Crippen molar-refractivity contribution in [3.63, 3.8) is 0 Å². The van der Waals surface area contributed by atoms with Crippen molar-refractivity contribution < 1.29 is 13.5 Å². The Kier molecular flexibility index (Phi) is 3.85. The summed E-state index contributed by atoms with van der Waals surface area (Å²) in [5, 5.41) is 10.9. The number of benzene rings is 1. The maximum absolute atomic E-state index is 12.3. The molecule has 1 aromatic carbocycles. The number of hydrogen-bond acceptors (Lipinski definition) is 4. The van der Waals surface area contributed by atoms with Crippen LogP contribution in [0.5, 0.6) is 5.75 Å². The SMILES string of the molecule is N#CCc1nc(-c2ccccc2OC(F)F)cs1. The van der Waals surface area contributed by atoms with Crippen molar-refractivity contribution in [1.82, 2.24) is 4.98 Å². The van der Waals surface area contributed by atoms with Crippen molar-refractivity contribution in [1.29, 1.82) is 5.26 Å². The van der Waals surface area contributed by atoms with Crippen molar-refractivity contribution in [2.75, 3.05) is 0 Å². The fraction of sp³-hybridized carbons (Fsp3) is 0.167. The predicted molar refractivity (Wildman–Crippen MR) is 63.5 cm³/mol. The van der Waals surface area contributed by atoms with E-state index in [2.05, 4.69) is 9.72 Å². The number of nitrogens with zero attached hydrogens (tertiary/aromatic N) is 2. The summed E-state index contributed by atoms with van der Waals surface area (Å²) in [4.78, 5) is 4.21. The number of thiazole rings is 1. The minimum absolute atomic E-state index is 0.0845. The summed E-state index contributed by atoms with van der Waals surface area (Å²) < 4.78 is 29.0. The molecule has 2 rings (SSSR count). The zero-order valence-electron chi connectivity index (χ0n) is 9.14. The first-order valence-corrected chi connectivity index (χ1v) is 5.94. The molecule has 0 N–H and O–H groups in total. The molecule has 3 nitrogen and oxygen atoms in total. The summed E-state index contributed by atoms with van der Waals surface area (Å²) in [6.07, 6.45) is 0.211. The van der Waals surface area contributed by atoms with Gasteiger partial charge in [0.05, 0.1) is 18.2 Å². The summed E-state index contributed by atoms with van der Waals surface area (Å²) in [7, 11) is 0. The van der Waals surface area contributed by atoms with Gasteiger partial charge in [0, 0.05) is 10.9 Å². The Bertz CT molecular complexity index is 577. The summed E-state index contributed by atoms with van der Waals surface area (Å²) in [6, 6.07) is 8.45. The van der Waals surface area contributed by atoms with E-state index >= 15 is 0 Å². The molecule has 18 heavy (non-hydrogen) atoms. The maximum Gasteiger partial charge on any atom is 0.387 e. The van der Waals surface area contributed by atoms with Crippen LogP contribution < -0.4 is 4.74 Å². The highest BCUT2D eigenvalue weighted by atomic mass is 32.1. The number of rotatable bonds is 4. The highest BCUT2D eigenvalue weighted by Crippen LogP contribution is 2.31. The molecule has 0 aliphatic carbocycles. The lowest BCUT2D eigenvalue weighted by atomic mass is 10.1. The number of aromatic nitrogens is 1. The summed E-state index contributed by atoms with van der Waals surface area (Å²) in [5.74, 6) is 0.0845. The molecule has 0 radical (unpaired) electrons. The smallest absolute Gasteiger partial charge is 0.387 e. The molecule has 0 amide bonds. The standard InChI is InChI=1S/C12H8F2N2OS/c13-12(14)17-10-4-2-1-3-8(10)9-7-18-11(16-9)5-6-15/h1-4,7,12H,5H2. The molecule has 0 fully saturated rings. The van der Waals surface area contributed by atoms with E-state index in [0.717, 1.165) is 0 Å². The first-order chi connectivity index (χ1) is 8.70. The molecular weight excluding hydrogens is 258 g/mol. The van der Waals surface area contributed by atoms with E-state index < -0.39 is 6.61 Å². The minimum Gasteiger partial charge on any atom is -0.434 e. The second kappa shape index (κ2) is 5.56. The van der Waals surface area contributed by atoms with Crippen LogP contribution in [0.2, 0.25) is 0 Å². The van der Waals surface area contributed by atoms with Crippen molar-refractivity contribution >= 4 is 11.3 Å². The van der Waals surface area contributed by atoms with E-state index in [9.17, 15) is 8.78 Å². The fourth-order valence-electron chi connectivity index (χ4n) is 1.46. The van der Waals surface area contributed by atoms with Gasteiger partial charge in [0.15, 0.2) is 0 Å². The van der Waals surface area contributed by atoms with Gasteiger partial charge < -0.3 is 4.74 Å². The largest absolute Gasteiger partial charge is 0.434 e. The maximum atomic E-state index is 12.3. The zero-order valence-corrected chi connectivity index (χ0v) is 9.95. The van der Waals surface area contributed by atoms with Gasteiger partial charge in [0.2, 0.25) is 0 Å². The van der Waals surface area contributed by atoms with Crippen LogP contribution in [-0.4, -0.2) is 11.6 Å². The quantitative estimate of drug-likeness (QED) is 0.851. The van der Waals surface area contributed by atoms with Gasteiger partial charge in [-0.25, -0.2) is 4.98 Å². The van der Waals surface area contributed by atoms with Crippen LogP contribution in [0.3, 0.4) is 0 Å². The topological polar surface area (TPSA) is 45.9 Å². The summed E-state index contributed by atoms with van der Waals surface area (Å²) in [6.45, 7) is -2.87. The van der Waals surface area contributed by atoms with Gasteiger partial charge >= 0.3 is 6.61 Å². The van der Waals surface area contributed by atoms with Crippen LogP contribution in [0, 0.1) is 11.3 Å². The molecule has 92 valence electrons. The van der Waals surface area contributed by atoms with Crippen molar-refractivity contribution in [2.45, 2.75) is 13.0 Å². The highest BCUT2D eigenvalue weighted by molar-refractivity contribution is 7.10. The van der Waals surface area contributed by atoms with Crippen molar-refractivity contribution in [2.24, 2.45) is 0 Å². The monoisotopic (exact) mass is 266 g/mol. The number of halogens is 2. The lowest BCUT2D eigenvalue weighted by molar-refractivity contribution is -0.0494. The van der Waals surface area contributed by atoms with Crippen LogP contribution in [0.1, 0.15) is 5.01 Å². The van der Waals surface area contributed by atoms with E-state index in [-0.39, 0.29) is 12.2 Å². The van der Waals surface area contributed by atoms with E-state index in [0.29, 0.717) is 16.3 Å². The first-order valence-electron chi connectivity index (χ1n) is 5.06. The predicted octanol–water partition coefficient (Wildman–Crippen LogP) is 3.48. The third kappa shape index (κ3) is 2.81. The average Bonchev–Trinajstić information content (AvgIpc) is 2.78. The van der Waals surface area contributed by atoms with Gasteiger partial charge in [-0.3, -0.25) is 0 Å². The molecule has 2 aromatic rings. The molecule has 0 aliphatic heterocycles. The molecule has 0 spiro atoms. The Hall–Kier alpha value is -2.00. The van der Waals surface area contributed by atoms with Gasteiger partial charge in [-0.05, 0) is 12.1 Å². The molecule has 0 saturated carbocycles. The van der Waals surface area contributed by atoms with Gasteiger partial charge in [-0.15, -0.1) is 11.3 Å². The first kappa shape index (κ1) is 12.5. The summed E-state index contributed by atoms with van der Waals surface area (Å²) in [5.41, 5.74) is 1.04. The molecule has 0 bridgehead atoms. The van der Waals surface area contributed by atoms with Crippen molar-refractivity contribution in [3.05, 3.63) is 34.7 Å². The van der Waals surface area contributed by atoms with E-state index in [1.165, 1.54) is 17.4 Å². The summed E-state index contributed by atoms with van der Waals surface area (Å²) >= 11 is 1.32. The van der Waals surface area contributed by atoms with Gasteiger partial charge in [0.25, 0.3) is 0 Å². The Morgan fingerprint density at radius 1 is 1.39 bits per heavy atom. The molecule has 1 heterocycles. The average molecular weight is 266 g/mol. The lowest BCUT2D eigenvalue weighted by Crippen LogP contribution is -2.03.